The zero-order valence-corrected chi connectivity index (χ0v) is 20.7. The van der Waals surface area contributed by atoms with Gasteiger partial charge in [-0.05, 0) is 100 Å². The highest BCUT2D eigenvalue weighted by Crippen LogP contribution is 2.14. The number of rotatable bonds is 10. The molecular formula is C27H39FN2O4. The third-order valence-electron chi connectivity index (χ3n) is 5.61. The van der Waals surface area contributed by atoms with Crippen molar-refractivity contribution in [1.29, 1.82) is 0 Å². The summed E-state index contributed by atoms with van der Waals surface area (Å²) in [4.78, 5) is 24.6. The Labute approximate surface area is 202 Å². The van der Waals surface area contributed by atoms with Crippen LogP contribution in [0.4, 0.5) is 4.39 Å². The van der Waals surface area contributed by atoms with E-state index in [1.165, 1.54) is 25.9 Å². The fourth-order valence-electron chi connectivity index (χ4n) is 3.65. The van der Waals surface area contributed by atoms with Crippen molar-refractivity contribution in [3.8, 4) is 5.75 Å². The number of primary amides is 1. The molecule has 0 radical (unpaired) electrons. The monoisotopic (exact) mass is 474 g/mol. The predicted molar refractivity (Wildman–Crippen MR) is 134 cm³/mol. The molecule has 1 fully saturated rings. The lowest BCUT2D eigenvalue weighted by atomic mass is 10.1. The van der Waals surface area contributed by atoms with Crippen LogP contribution < -0.4 is 10.5 Å². The summed E-state index contributed by atoms with van der Waals surface area (Å²) in [6.07, 6.45) is 5.92. The minimum Gasteiger partial charge on any atom is -0.497 e. The number of methoxy groups -OCH3 is 1. The van der Waals surface area contributed by atoms with Gasteiger partial charge in [-0.1, -0.05) is 12.1 Å². The number of hydrogen-bond donors (Lipinski definition) is 2. The normalized spacial score (nSPS) is 12.7. The Hall–Kier alpha value is -2.77. The maximum atomic E-state index is 13.3. The number of carbonyl (C=O) groups excluding carboxylic acids is 2. The van der Waals surface area contributed by atoms with Crippen LogP contribution in [0.2, 0.25) is 0 Å². The van der Waals surface area contributed by atoms with E-state index in [1.54, 1.807) is 37.4 Å². The van der Waals surface area contributed by atoms with Crippen molar-refractivity contribution in [3.63, 3.8) is 0 Å². The number of ketones is 1. The molecule has 1 heterocycles. The summed E-state index contributed by atoms with van der Waals surface area (Å²) >= 11 is 0. The van der Waals surface area contributed by atoms with Gasteiger partial charge < -0.3 is 20.5 Å². The molecule has 188 valence electrons. The molecule has 3 N–H and O–H groups in total. The van der Waals surface area contributed by atoms with Gasteiger partial charge in [0, 0.05) is 25.5 Å². The number of aryl methyl sites for hydroxylation is 2. The summed E-state index contributed by atoms with van der Waals surface area (Å²) in [5, 5.41) is 7.00. The number of amides is 1. The van der Waals surface area contributed by atoms with Crippen LogP contribution in [-0.4, -0.2) is 55.6 Å². The third-order valence-corrected chi connectivity index (χ3v) is 5.61. The molecule has 0 bridgehead atoms. The van der Waals surface area contributed by atoms with Crippen LogP contribution in [0.1, 0.15) is 60.0 Å². The van der Waals surface area contributed by atoms with Crippen molar-refractivity contribution in [3.05, 3.63) is 65.0 Å². The average molecular weight is 475 g/mol. The van der Waals surface area contributed by atoms with E-state index in [0.717, 1.165) is 37.6 Å². The number of ether oxygens (including phenoxy) is 1. The predicted octanol–water partition coefficient (Wildman–Crippen LogP) is 4.30. The van der Waals surface area contributed by atoms with Crippen LogP contribution in [0, 0.1) is 12.7 Å². The lowest BCUT2D eigenvalue weighted by Crippen LogP contribution is -2.20. The number of carbonyl (C=O) groups is 2. The highest BCUT2D eigenvalue weighted by Gasteiger charge is 2.10. The Bertz CT molecular complexity index is 865. The van der Waals surface area contributed by atoms with Crippen molar-refractivity contribution in [1.82, 2.24) is 4.90 Å². The lowest BCUT2D eigenvalue weighted by Gasteiger charge is -2.14. The number of aliphatic hydroxyl groups excluding tert-OH is 1. The molecule has 0 atom stereocenters. The van der Waals surface area contributed by atoms with Gasteiger partial charge in [0.25, 0.3) is 0 Å². The van der Waals surface area contributed by atoms with Crippen LogP contribution in [0.3, 0.4) is 0 Å². The number of aliphatic hydroxyl groups is 1. The first kappa shape index (κ1) is 29.3. The van der Waals surface area contributed by atoms with E-state index in [1.807, 2.05) is 19.1 Å². The molecule has 1 aliphatic heterocycles. The summed E-state index contributed by atoms with van der Waals surface area (Å²) in [5.74, 6) is 0.291. The van der Waals surface area contributed by atoms with Gasteiger partial charge in [-0.3, -0.25) is 9.59 Å². The maximum Gasteiger partial charge on any atom is 0.217 e. The van der Waals surface area contributed by atoms with Gasteiger partial charge in [-0.25, -0.2) is 4.39 Å². The summed E-state index contributed by atoms with van der Waals surface area (Å²) in [6.45, 7) is 5.48. The van der Waals surface area contributed by atoms with Crippen molar-refractivity contribution in [2.45, 2.75) is 51.9 Å². The van der Waals surface area contributed by atoms with E-state index < -0.39 is 0 Å². The van der Waals surface area contributed by atoms with Gasteiger partial charge in [0.2, 0.25) is 5.91 Å². The molecule has 6 nitrogen and oxygen atoms in total. The van der Waals surface area contributed by atoms with E-state index >= 15 is 0 Å². The summed E-state index contributed by atoms with van der Waals surface area (Å²) in [7, 11) is 2.57. The van der Waals surface area contributed by atoms with E-state index in [-0.39, 0.29) is 23.9 Å². The first-order valence-electron chi connectivity index (χ1n) is 11.8. The van der Waals surface area contributed by atoms with Crippen molar-refractivity contribution >= 4 is 11.7 Å². The Balaban J connectivity index is 0.000000317. The van der Waals surface area contributed by atoms with E-state index in [9.17, 15) is 14.0 Å². The lowest BCUT2D eigenvalue weighted by molar-refractivity contribution is -0.118. The average Bonchev–Trinajstić information content (AvgIpc) is 3.36. The van der Waals surface area contributed by atoms with Gasteiger partial charge in [0.05, 0.1) is 7.11 Å². The molecule has 34 heavy (non-hydrogen) atoms. The molecule has 0 saturated carbocycles. The molecule has 2 aromatic rings. The van der Waals surface area contributed by atoms with Gasteiger partial charge in [-0.15, -0.1) is 0 Å². The summed E-state index contributed by atoms with van der Waals surface area (Å²) in [6, 6.07) is 12.5. The minimum atomic E-state index is -0.373. The standard InChI is InChI=1S/C14H20FN.C12H15NO3.CH4O/c1-12-6-7-13(11-14(12)15)5-4-10-16-8-2-3-9-16;1-16-10-7-5-9(6-8-10)11(14)3-2-4-12(13)15;1-2/h6-7,11H,2-5,8-10H2,1H3;5-8H,2-4H2,1H3,(H2,13,15);2H,1H3. The van der Waals surface area contributed by atoms with Gasteiger partial charge in [0.15, 0.2) is 5.78 Å². The Morgan fingerprint density at radius 3 is 2.24 bits per heavy atom. The zero-order chi connectivity index (χ0) is 25.3. The third kappa shape index (κ3) is 11.4. The number of nitrogens with zero attached hydrogens (tertiary/aromatic N) is 1. The number of nitrogens with two attached hydrogens (primary N) is 1. The largest absolute Gasteiger partial charge is 0.497 e. The Kier molecular flexibility index (Phi) is 14.4. The fourth-order valence-corrected chi connectivity index (χ4v) is 3.65. The smallest absolute Gasteiger partial charge is 0.217 e. The molecule has 0 aliphatic carbocycles. The molecule has 0 spiro atoms. The maximum absolute atomic E-state index is 13.3. The Morgan fingerprint density at radius 2 is 1.68 bits per heavy atom. The first-order chi connectivity index (χ1) is 16.4. The molecule has 3 rings (SSSR count). The molecular weight excluding hydrogens is 435 g/mol. The van der Waals surface area contributed by atoms with Crippen LogP contribution >= 0.6 is 0 Å². The second kappa shape index (κ2) is 16.8. The molecule has 7 heteroatoms. The number of hydrogen-bond acceptors (Lipinski definition) is 5. The number of benzene rings is 2. The van der Waals surface area contributed by atoms with Crippen LogP contribution in [-0.2, 0) is 11.2 Å². The van der Waals surface area contributed by atoms with Crippen molar-refractivity contribution in [2.75, 3.05) is 33.9 Å². The zero-order valence-electron chi connectivity index (χ0n) is 20.7. The number of likely N-dealkylation sites (tertiary alicyclic amines) is 1. The summed E-state index contributed by atoms with van der Waals surface area (Å²) in [5.41, 5.74) is 7.48. The van der Waals surface area contributed by atoms with Gasteiger partial charge in [-0.2, -0.15) is 0 Å². The first-order valence-corrected chi connectivity index (χ1v) is 11.8. The van der Waals surface area contributed by atoms with Crippen LogP contribution in [0.5, 0.6) is 5.75 Å². The van der Waals surface area contributed by atoms with Gasteiger partial charge >= 0.3 is 0 Å². The van der Waals surface area contributed by atoms with Gasteiger partial charge in [0.1, 0.15) is 11.6 Å². The molecule has 0 unspecified atom stereocenters. The number of Topliss-reactive ketones (excluding diaryl/α,β-unsaturated/α-hetero) is 1. The topological polar surface area (TPSA) is 92.9 Å². The van der Waals surface area contributed by atoms with Crippen molar-refractivity contribution < 1.29 is 23.8 Å². The minimum absolute atomic E-state index is 0.0175. The molecule has 1 amide bonds. The molecule has 0 aromatic heterocycles. The molecule has 2 aromatic carbocycles. The molecule has 1 aliphatic rings. The van der Waals surface area contributed by atoms with Crippen LogP contribution in [0.15, 0.2) is 42.5 Å². The highest BCUT2D eigenvalue weighted by atomic mass is 19.1. The fraction of sp³-hybridized carbons (Fsp3) is 0.481. The highest BCUT2D eigenvalue weighted by molar-refractivity contribution is 5.96. The van der Waals surface area contributed by atoms with E-state index in [0.29, 0.717) is 24.2 Å². The second-order valence-corrected chi connectivity index (χ2v) is 8.21. The number of halogens is 1. The molecule has 1 saturated heterocycles. The second-order valence-electron chi connectivity index (χ2n) is 8.21. The Morgan fingerprint density at radius 1 is 1.03 bits per heavy atom. The summed E-state index contributed by atoms with van der Waals surface area (Å²) < 4.78 is 18.3. The van der Waals surface area contributed by atoms with Crippen LogP contribution in [0.25, 0.3) is 0 Å². The van der Waals surface area contributed by atoms with Crippen molar-refractivity contribution in [2.24, 2.45) is 5.73 Å². The quantitative estimate of drug-likeness (QED) is 0.501. The SMILES string of the molecule is CO.COc1ccc(C(=O)CCCC(N)=O)cc1.Cc1ccc(CCCN2CCCC2)cc1F. The van der Waals surface area contributed by atoms with E-state index in [4.69, 9.17) is 15.6 Å². The van der Waals surface area contributed by atoms with E-state index in [2.05, 4.69) is 4.90 Å².